The van der Waals surface area contributed by atoms with Gasteiger partial charge in [0.1, 0.15) is 5.82 Å². The Hall–Kier alpha value is -0.680. The number of hydrogen-bond donors (Lipinski definition) is 1. The molecule has 15 heavy (non-hydrogen) atoms. The normalized spacial score (nSPS) is 13.1. The van der Waals surface area contributed by atoms with Gasteiger partial charge in [-0.3, -0.25) is 0 Å². The molecule has 0 radical (unpaired) electrons. The second-order valence-corrected chi connectivity index (χ2v) is 4.57. The number of ether oxygens (including phenoxy) is 1. The Balaban J connectivity index is 2.42. The fraction of sp³-hybridized carbons (Fsp3) is 0.800. The predicted molar refractivity (Wildman–Crippen MR) is 63.6 cm³/mol. The van der Waals surface area contributed by atoms with Gasteiger partial charge in [-0.05, 0) is 13.8 Å². The van der Waals surface area contributed by atoms with Crippen LogP contribution in [0.2, 0.25) is 0 Å². The van der Waals surface area contributed by atoms with Crippen molar-refractivity contribution in [2.45, 2.75) is 39.7 Å². The first-order chi connectivity index (χ1) is 7.13. The van der Waals surface area contributed by atoms with Crippen LogP contribution < -0.4 is 5.32 Å². The van der Waals surface area contributed by atoms with E-state index in [-0.39, 0.29) is 6.04 Å². The number of aromatic nitrogens is 2. The summed E-state index contributed by atoms with van der Waals surface area (Å²) in [4.78, 5) is 4.40. The van der Waals surface area contributed by atoms with E-state index in [1.807, 2.05) is 6.92 Å². The number of anilines is 1. The lowest BCUT2D eigenvalue weighted by molar-refractivity contribution is 0.141. The highest BCUT2D eigenvalue weighted by Gasteiger charge is 2.09. The van der Waals surface area contributed by atoms with Gasteiger partial charge in [0.15, 0.2) is 0 Å². The molecule has 1 unspecified atom stereocenters. The zero-order chi connectivity index (χ0) is 11.3. The van der Waals surface area contributed by atoms with E-state index in [0.29, 0.717) is 12.5 Å². The van der Waals surface area contributed by atoms with Crippen molar-refractivity contribution in [3.63, 3.8) is 0 Å². The first-order valence-corrected chi connectivity index (χ1v) is 6.08. The van der Waals surface area contributed by atoms with Crippen LogP contribution in [0.4, 0.5) is 5.13 Å². The average Bonchev–Trinajstić information content (AvgIpc) is 2.63. The summed E-state index contributed by atoms with van der Waals surface area (Å²) in [5.41, 5.74) is 0. The highest BCUT2D eigenvalue weighted by atomic mass is 32.1. The second-order valence-electron chi connectivity index (χ2n) is 3.82. The van der Waals surface area contributed by atoms with Gasteiger partial charge in [-0.15, -0.1) is 0 Å². The van der Waals surface area contributed by atoms with Crippen molar-refractivity contribution in [3.05, 3.63) is 5.82 Å². The van der Waals surface area contributed by atoms with Gasteiger partial charge in [-0.1, -0.05) is 13.8 Å². The van der Waals surface area contributed by atoms with Crippen molar-refractivity contribution in [3.8, 4) is 0 Å². The van der Waals surface area contributed by atoms with Crippen molar-refractivity contribution in [2.24, 2.45) is 0 Å². The van der Waals surface area contributed by atoms with Crippen LogP contribution in [0, 0.1) is 0 Å². The van der Waals surface area contributed by atoms with Gasteiger partial charge in [0.2, 0.25) is 5.13 Å². The van der Waals surface area contributed by atoms with Crippen molar-refractivity contribution in [1.29, 1.82) is 0 Å². The molecule has 0 aromatic carbocycles. The molecule has 0 aliphatic carbocycles. The summed E-state index contributed by atoms with van der Waals surface area (Å²) in [6, 6.07) is 0.276. The van der Waals surface area contributed by atoms with Gasteiger partial charge in [0.25, 0.3) is 0 Å². The van der Waals surface area contributed by atoms with Crippen LogP contribution in [-0.4, -0.2) is 28.6 Å². The predicted octanol–water partition coefficient (Wildman–Crippen LogP) is 2.50. The molecular formula is C10H19N3OS. The van der Waals surface area contributed by atoms with Gasteiger partial charge >= 0.3 is 0 Å². The van der Waals surface area contributed by atoms with Crippen molar-refractivity contribution in [2.75, 3.05) is 18.5 Å². The van der Waals surface area contributed by atoms with Crippen LogP contribution >= 0.6 is 11.5 Å². The highest BCUT2D eigenvalue weighted by Crippen LogP contribution is 2.17. The summed E-state index contributed by atoms with van der Waals surface area (Å²) in [5, 5.41) is 4.15. The van der Waals surface area contributed by atoms with E-state index in [4.69, 9.17) is 4.74 Å². The Morgan fingerprint density at radius 1 is 1.40 bits per heavy atom. The molecule has 1 heterocycles. The zero-order valence-corrected chi connectivity index (χ0v) is 10.6. The minimum Gasteiger partial charge on any atom is -0.380 e. The molecule has 0 amide bonds. The fourth-order valence-electron chi connectivity index (χ4n) is 1.08. The molecule has 0 fully saturated rings. The van der Waals surface area contributed by atoms with Crippen LogP contribution in [0.3, 0.4) is 0 Å². The molecule has 0 saturated heterocycles. The molecule has 1 atom stereocenters. The van der Waals surface area contributed by atoms with Gasteiger partial charge < -0.3 is 10.1 Å². The van der Waals surface area contributed by atoms with E-state index in [1.165, 1.54) is 11.5 Å². The van der Waals surface area contributed by atoms with Crippen LogP contribution in [0.1, 0.15) is 39.4 Å². The lowest BCUT2D eigenvalue weighted by Gasteiger charge is -2.11. The van der Waals surface area contributed by atoms with Gasteiger partial charge in [0, 0.05) is 30.1 Å². The maximum Gasteiger partial charge on any atom is 0.202 e. The van der Waals surface area contributed by atoms with Crippen LogP contribution in [0.15, 0.2) is 0 Å². The maximum atomic E-state index is 5.32. The van der Waals surface area contributed by atoms with E-state index in [0.717, 1.165) is 17.6 Å². The van der Waals surface area contributed by atoms with E-state index < -0.39 is 0 Å². The van der Waals surface area contributed by atoms with Crippen LogP contribution in [0.5, 0.6) is 0 Å². The smallest absolute Gasteiger partial charge is 0.202 e. The number of hydrogen-bond acceptors (Lipinski definition) is 5. The van der Waals surface area contributed by atoms with E-state index in [2.05, 4.69) is 35.4 Å². The zero-order valence-electron chi connectivity index (χ0n) is 9.78. The highest BCUT2D eigenvalue weighted by molar-refractivity contribution is 7.09. The molecular weight excluding hydrogens is 210 g/mol. The Morgan fingerprint density at radius 2 is 2.13 bits per heavy atom. The third-order valence-electron chi connectivity index (χ3n) is 1.90. The van der Waals surface area contributed by atoms with E-state index >= 15 is 0 Å². The standard InChI is InChI=1S/C10H19N3OS/c1-5-14-6-8(4)11-10-12-9(7(2)3)13-15-10/h7-8H,5-6H2,1-4H3,(H,11,12,13). The Kier molecular flexibility index (Phi) is 4.98. The Bertz CT molecular complexity index is 288. The molecule has 1 rings (SSSR count). The first kappa shape index (κ1) is 12.4. The molecule has 0 bridgehead atoms. The summed E-state index contributed by atoms with van der Waals surface area (Å²) in [6.07, 6.45) is 0. The summed E-state index contributed by atoms with van der Waals surface area (Å²) >= 11 is 1.41. The molecule has 5 heteroatoms. The molecule has 4 nitrogen and oxygen atoms in total. The minimum absolute atomic E-state index is 0.276. The monoisotopic (exact) mass is 229 g/mol. The van der Waals surface area contributed by atoms with Gasteiger partial charge in [-0.25, -0.2) is 4.98 Å². The topological polar surface area (TPSA) is 47.0 Å². The summed E-state index contributed by atoms with van der Waals surface area (Å²) < 4.78 is 9.59. The Morgan fingerprint density at radius 3 is 2.67 bits per heavy atom. The Labute approximate surface area is 95.2 Å². The SMILES string of the molecule is CCOCC(C)Nc1nc(C(C)C)ns1. The lowest BCUT2D eigenvalue weighted by atomic mass is 10.2. The third-order valence-corrected chi connectivity index (χ3v) is 2.56. The molecule has 0 spiro atoms. The van der Waals surface area contributed by atoms with Crippen LogP contribution in [0.25, 0.3) is 0 Å². The minimum atomic E-state index is 0.276. The third kappa shape index (κ3) is 4.13. The number of rotatable bonds is 6. The molecule has 1 aromatic rings. The second kappa shape index (κ2) is 6.02. The quantitative estimate of drug-likeness (QED) is 0.814. The molecule has 1 N–H and O–H groups in total. The number of nitrogens with zero attached hydrogens (tertiary/aromatic N) is 2. The van der Waals surface area contributed by atoms with Gasteiger partial charge in [-0.2, -0.15) is 4.37 Å². The average molecular weight is 229 g/mol. The molecule has 0 saturated carbocycles. The van der Waals surface area contributed by atoms with Crippen molar-refractivity contribution < 1.29 is 4.74 Å². The van der Waals surface area contributed by atoms with E-state index in [1.54, 1.807) is 0 Å². The summed E-state index contributed by atoms with van der Waals surface area (Å²) in [5.74, 6) is 1.30. The van der Waals surface area contributed by atoms with Crippen LogP contribution in [-0.2, 0) is 4.74 Å². The first-order valence-electron chi connectivity index (χ1n) is 5.31. The van der Waals surface area contributed by atoms with Crippen molar-refractivity contribution in [1.82, 2.24) is 9.36 Å². The number of nitrogens with one attached hydrogen (secondary N) is 1. The van der Waals surface area contributed by atoms with Gasteiger partial charge in [0.05, 0.1) is 6.61 Å². The molecule has 86 valence electrons. The fourth-order valence-corrected chi connectivity index (χ4v) is 1.89. The van der Waals surface area contributed by atoms with Crippen molar-refractivity contribution >= 4 is 16.7 Å². The maximum absolute atomic E-state index is 5.32. The van der Waals surface area contributed by atoms with E-state index in [9.17, 15) is 0 Å². The summed E-state index contributed by atoms with van der Waals surface area (Å²) in [6.45, 7) is 9.71. The molecule has 0 aliphatic heterocycles. The molecule has 1 aromatic heterocycles. The summed E-state index contributed by atoms with van der Waals surface area (Å²) in [7, 11) is 0. The lowest BCUT2D eigenvalue weighted by Crippen LogP contribution is -2.21. The molecule has 0 aliphatic rings. The largest absolute Gasteiger partial charge is 0.380 e.